The molecule has 0 saturated carbocycles. The molecule has 2 aromatic heterocycles. The molecule has 0 aliphatic carbocycles. The maximum Gasteiger partial charge on any atom is 0.131 e. The van der Waals surface area contributed by atoms with Gasteiger partial charge in [0.05, 0.1) is 11.2 Å². The number of rotatable bonds is 2. The average molecular weight is 230 g/mol. The van der Waals surface area contributed by atoms with Crippen molar-refractivity contribution in [2.75, 3.05) is 5.32 Å². The second kappa shape index (κ2) is 4.20. The molecule has 0 aliphatic heterocycles. The van der Waals surface area contributed by atoms with E-state index in [2.05, 4.69) is 36.2 Å². The zero-order valence-electron chi connectivity index (χ0n) is 10.7. The molecular formula is C13H18N4. The quantitative estimate of drug-likeness (QED) is 0.862. The first-order chi connectivity index (χ1) is 7.97. The molecule has 2 heterocycles. The Bertz CT molecular complexity index is 494. The third kappa shape index (κ3) is 2.64. The molecule has 1 N–H and O–H groups in total. The summed E-state index contributed by atoms with van der Waals surface area (Å²) in [5.41, 5.74) is 0.948. The summed E-state index contributed by atoms with van der Waals surface area (Å²) in [7, 11) is 0. The van der Waals surface area contributed by atoms with Gasteiger partial charge in [0.2, 0.25) is 0 Å². The molecule has 0 fully saturated rings. The summed E-state index contributed by atoms with van der Waals surface area (Å²) >= 11 is 0. The molecule has 0 spiro atoms. The Labute approximate surface area is 102 Å². The van der Waals surface area contributed by atoms with Gasteiger partial charge in [0, 0.05) is 12.3 Å². The van der Waals surface area contributed by atoms with Crippen molar-refractivity contribution in [3.8, 4) is 0 Å². The normalized spacial score (nSPS) is 11.5. The van der Waals surface area contributed by atoms with E-state index in [0.29, 0.717) is 0 Å². The predicted molar refractivity (Wildman–Crippen MR) is 69.5 cm³/mol. The van der Waals surface area contributed by atoms with Crippen molar-refractivity contribution in [3.05, 3.63) is 36.2 Å². The van der Waals surface area contributed by atoms with Crippen LogP contribution in [0.4, 0.5) is 11.6 Å². The molecular weight excluding hydrogens is 212 g/mol. The van der Waals surface area contributed by atoms with Crippen LogP contribution in [0, 0.1) is 6.92 Å². The van der Waals surface area contributed by atoms with E-state index in [1.807, 2.05) is 35.9 Å². The SMILES string of the molecule is Cc1cc(Nc2ccccn2)n(C(C)(C)C)n1. The summed E-state index contributed by atoms with van der Waals surface area (Å²) in [4.78, 5) is 4.25. The van der Waals surface area contributed by atoms with E-state index in [9.17, 15) is 0 Å². The monoisotopic (exact) mass is 230 g/mol. The zero-order chi connectivity index (χ0) is 12.5. The van der Waals surface area contributed by atoms with Gasteiger partial charge in [-0.1, -0.05) is 6.07 Å². The van der Waals surface area contributed by atoms with Crippen LogP contribution in [-0.4, -0.2) is 14.8 Å². The van der Waals surface area contributed by atoms with E-state index in [-0.39, 0.29) is 5.54 Å². The van der Waals surface area contributed by atoms with Crippen LogP contribution in [0.15, 0.2) is 30.5 Å². The van der Waals surface area contributed by atoms with Gasteiger partial charge in [-0.05, 0) is 39.8 Å². The number of anilines is 2. The highest BCUT2D eigenvalue weighted by molar-refractivity contribution is 5.52. The third-order valence-corrected chi connectivity index (χ3v) is 2.39. The largest absolute Gasteiger partial charge is 0.325 e. The lowest BCUT2D eigenvalue weighted by Gasteiger charge is -2.22. The molecule has 0 radical (unpaired) electrons. The molecule has 0 bridgehead atoms. The first-order valence-electron chi connectivity index (χ1n) is 5.72. The Morgan fingerprint density at radius 2 is 2.00 bits per heavy atom. The second-order valence-electron chi connectivity index (χ2n) is 5.09. The highest BCUT2D eigenvalue weighted by Crippen LogP contribution is 2.23. The molecule has 0 aliphatic rings. The standard InChI is InChI=1S/C13H18N4/c1-10-9-12(17(16-10)13(2,3)4)15-11-7-5-6-8-14-11/h5-9H,1-4H3,(H,14,15). The number of aromatic nitrogens is 3. The highest BCUT2D eigenvalue weighted by atomic mass is 15.4. The van der Waals surface area contributed by atoms with Gasteiger partial charge in [0.1, 0.15) is 11.6 Å². The number of pyridine rings is 1. The molecule has 0 aromatic carbocycles. The number of nitrogens with zero attached hydrogens (tertiary/aromatic N) is 3. The van der Waals surface area contributed by atoms with Gasteiger partial charge >= 0.3 is 0 Å². The Hall–Kier alpha value is -1.84. The summed E-state index contributed by atoms with van der Waals surface area (Å²) < 4.78 is 1.98. The van der Waals surface area contributed by atoms with Crippen molar-refractivity contribution < 1.29 is 0 Å². The molecule has 0 amide bonds. The Morgan fingerprint density at radius 1 is 1.24 bits per heavy atom. The molecule has 0 unspecified atom stereocenters. The van der Waals surface area contributed by atoms with E-state index >= 15 is 0 Å². The van der Waals surface area contributed by atoms with Gasteiger partial charge in [-0.2, -0.15) is 5.10 Å². The van der Waals surface area contributed by atoms with Crippen molar-refractivity contribution in [2.45, 2.75) is 33.2 Å². The maximum atomic E-state index is 4.50. The van der Waals surface area contributed by atoms with Crippen LogP contribution in [0.5, 0.6) is 0 Å². The van der Waals surface area contributed by atoms with Crippen molar-refractivity contribution in [1.29, 1.82) is 0 Å². The fourth-order valence-corrected chi connectivity index (χ4v) is 1.67. The van der Waals surface area contributed by atoms with E-state index in [1.54, 1.807) is 6.20 Å². The van der Waals surface area contributed by atoms with E-state index in [0.717, 1.165) is 17.3 Å². The van der Waals surface area contributed by atoms with Gasteiger partial charge in [0.15, 0.2) is 0 Å². The van der Waals surface area contributed by atoms with E-state index < -0.39 is 0 Å². The first kappa shape index (κ1) is 11.6. The second-order valence-corrected chi connectivity index (χ2v) is 5.09. The van der Waals surface area contributed by atoms with Crippen molar-refractivity contribution in [3.63, 3.8) is 0 Å². The zero-order valence-corrected chi connectivity index (χ0v) is 10.7. The summed E-state index contributed by atoms with van der Waals surface area (Å²) in [6, 6.07) is 7.83. The summed E-state index contributed by atoms with van der Waals surface area (Å²) in [6.45, 7) is 8.38. The highest BCUT2D eigenvalue weighted by Gasteiger charge is 2.18. The van der Waals surface area contributed by atoms with Gasteiger partial charge in [-0.3, -0.25) is 0 Å². The molecule has 17 heavy (non-hydrogen) atoms. The average Bonchev–Trinajstić information content (AvgIpc) is 2.60. The van der Waals surface area contributed by atoms with Crippen LogP contribution >= 0.6 is 0 Å². The summed E-state index contributed by atoms with van der Waals surface area (Å²) in [5.74, 6) is 1.80. The van der Waals surface area contributed by atoms with Crippen LogP contribution in [0.25, 0.3) is 0 Å². The topological polar surface area (TPSA) is 42.7 Å². The third-order valence-electron chi connectivity index (χ3n) is 2.39. The lowest BCUT2D eigenvalue weighted by molar-refractivity contribution is 0.359. The smallest absolute Gasteiger partial charge is 0.131 e. The molecule has 0 saturated heterocycles. The number of hydrogen-bond acceptors (Lipinski definition) is 3. The fraction of sp³-hybridized carbons (Fsp3) is 0.385. The number of hydrogen-bond donors (Lipinski definition) is 1. The van der Waals surface area contributed by atoms with Gasteiger partial charge in [0.25, 0.3) is 0 Å². The van der Waals surface area contributed by atoms with Crippen molar-refractivity contribution in [1.82, 2.24) is 14.8 Å². The molecule has 4 heteroatoms. The Morgan fingerprint density at radius 3 is 2.59 bits per heavy atom. The minimum atomic E-state index is -0.0502. The van der Waals surface area contributed by atoms with Crippen LogP contribution in [0.2, 0.25) is 0 Å². The lowest BCUT2D eigenvalue weighted by atomic mass is 10.1. The molecule has 4 nitrogen and oxygen atoms in total. The van der Waals surface area contributed by atoms with Crippen LogP contribution in [0.3, 0.4) is 0 Å². The van der Waals surface area contributed by atoms with E-state index in [4.69, 9.17) is 0 Å². The fourth-order valence-electron chi connectivity index (χ4n) is 1.67. The summed E-state index contributed by atoms with van der Waals surface area (Å²) in [5, 5.41) is 7.79. The van der Waals surface area contributed by atoms with Gasteiger partial charge < -0.3 is 5.32 Å². The van der Waals surface area contributed by atoms with Crippen molar-refractivity contribution in [2.24, 2.45) is 0 Å². The molecule has 0 atom stereocenters. The number of aryl methyl sites for hydroxylation is 1. The maximum absolute atomic E-state index is 4.50. The van der Waals surface area contributed by atoms with Crippen molar-refractivity contribution >= 4 is 11.6 Å². The first-order valence-corrected chi connectivity index (χ1v) is 5.72. The van der Waals surface area contributed by atoms with Gasteiger partial charge in [-0.15, -0.1) is 0 Å². The van der Waals surface area contributed by atoms with Crippen LogP contribution in [-0.2, 0) is 5.54 Å². The number of nitrogens with one attached hydrogen (secondary N) is 1. The van der Waals surface area contributed by atoms with E-state index in [1.165, 1.54) is 0 Å². The minimum Gasteiger partial charge on any atom is -0.325 e. The minimum absolute atomic E-state index is 0.0502. The Balaban J connectivity index is 2.33. The summed E-state index contributed by atoms with van der Waals surface area (Å²) in [6.07, 6.45) is 1.77. The molecule has 2 rings (SSSR count). The lowest BCUT2D eigenvalue weighted by Crippen LogP contribution is -2.24. The Kier molecular flexibility index (Phi) is 2.88. The molecule has 2 aromatic rings. The predicted octanol–water partition coefficient (Wildman–Crippen LogP) is 3.09. The van der Waals surface area contributed by atoms with Gasteiger partial charge in [-0.25, -0.2) is 9.67 Å². The van der Waals surface area contributed by atoms with Crippen LogP contribution < -0.4 is 5.32 Å². The molecule has 90 valence electrons. The van der Waals surface area contributed by atoms with Crippen LogP contribution in [0.1, 0.15) is 26.5 Å².